The molecule has 0 N–H and O–H groups in total. The van der Waals surface area contributed by atoms with Crippen LogP contribution in [0.2, 0.25) is 0 Å². The molecule has 0 aliphatic carbocycles. The first kappa shape index (κ1) is 13.0. The number of benzene rings is 1. The van der Waals surface area contributed by atoms with Crippen molar-refractivity contribution in [1.82, 2.24) is 4.98 Å². The summed E-state index contributed by atoms with van der Waals surface area (Å²) in [4.78, 5) is 6.49. The zero-order chi connectivity index (χ0) is 13.1. The zero-order valence-electron chi connectivity index (χ0n) is 9.52. The number of nitrogens with zero attached hydrogens (tertiary/aromatic N) is 3. The Labute approximate surface area is 117 Å². The summed E-state index contributed by atoms with van der Waals surface area (Å²) in [5.41, 5.74) is 0.584. The van der Waals surface area contributed by atoms with E-state index in [1.54, 1.807) is 12.1 Å². The highest BCUT2D eigenvalue weighted by molar-refractivity contribution is 9.10. The molecule has 3 nitrogen and oxygen atoms in total. The lowest BCUT2D eigenvalue weighted by Gasteiger charge is -2.16. The number of hydrogen-bond donors (Lipinski definition) is 0. The molecule has 2 rings (SSSR count). The van der Waals surface area contributed by atoms with Crippen LogP contribution in [0.4, 0.5) is 9.52 Å². The number of nitriles is 1. The Morgan fingerprint density at radius 3 is 3.00 bits per heavy atom. The first-order valence-corrected chi connectivity index (χ1v) is 6.72. The first-order valence-electron chi connectivity index (χ1n) is 5.11. The monoisotopic (exact) mass is 325 g/mol. The van der Waals surface area contributed by atoms with Gasteiger partial charge in [0.15, 0.2) is 5.13 Å². The van der Waals surface area contributed by atoms with Gasteiger partial charge in [0.2, 0.25) is 0 Å². The Kier molecular flexibility index (Phi) is 3.94. The predicted octanol–water partition coefficient (Wildman–Crippen LogP) is 3.55. The van der Waals surface area contributed by atoms with Crippen molar-refractivity contribution in [1.29, 1.82) is 5.26 Å². The van der Waals surface area contributed by atoms with Crippen LogP contribution >= 0.6 is 27.3 Å². The van der Waals surface area contributed by atoms with Gasteiger partial charge in [0.25, 0.3) is 0 Å². The van der Waals surface area contributed by atoms with Gasteiger partial charge in [-0.15, -0.1) is 0 Å². The Bertz CT molecular complexity index is 606. The second kappa shape index (κ2) is 5.46. The van der Waals surface area contributed by atoms with E-state index in [1.807, 2.05) is 18.0 Å². The van der Waals surface area contributed by atoms with Crippen molar-refractivity contribution < 1.29 is 4.39 Å². The molecule has 0 unspecified atom stereocenters. The van der Waals surface area contributed by atoms with E-state index >= 15 is 0 Å². The van der Waals surface area contributed by atoms with Crippen LogP contribution < -0.4 is 4.90 Å². The molecule has 92 valence electrons. The molecule has 6 heteroatoms. The molecule has 0 atom stereocenters. The molecule has 0 radical (unpaired) electrons. The fourth-order valence-electron chi connectivity index (χ4n) is 1.48. The van der Waals surface area contributed by atoms with Gasteiger partial charge in [0.1, 0.15) is 16.8 Å². The molecule has 0 bridgehead atoms. The van der Waals surface area contributed by atoms with Crippen LogP contribution in [0, 0.1) is 17.1 Å². The molecular formula is C12H9BrFN3S. The number of halogens is 2. The van der Waals surface area contributed by atoms with Gasteiger partial charge in [-0.2, -0.15) is 5.26 Å². The van der Waals surface area contributed by atoms with Crippen molar-refractivity contribution in [3.63, 3.8) is 0 Å². The van der Waals surface area contributed by atoms with Crippen LogP contribution in [-0.4, -0.2) is 12.0 Å². The minimum absolute atomic E-state index is 0.248. The maximum atomic E-state index is 13.6. The molecule has 2 aromatic rings. The summed E-state index contributed by atoms with van der Waals surface area (Å²) >= 11 is 4.61. The minimum atomic E-state index is -0.248. The van der Waals surface area contributed by atoms with Crippen molar-refractivity contribution in [3.8, 4) is 6.07 Å². The second-order valence-electron chi connectivity index (χ2n) is 3.71. The highest BCUT2D eigenvalue weighted by Gasteiger charge is 2.10. The molecule has 0 amide bonds. The largest absolute Gasteiger partial charge is 0.347 e. The molecule has 0 spiro atoms. The SMILES string of the molecule is CN(Cc1cc(Br)ccc1F)c1ncc(C#N)s1. The number of aromatic nitrogens is 1. The van der Waals surface area contributed by atoms with Gasteiger partial charge in [0, 0.05) is 23.6 Å². The maximum absolute atomic E-state index is 13.6. The van der Waals surface area contributed by atoms with Crippen molar-refractivity contribution in [2.75, 3.05) is 11.9 Å². The maximum Gasteiger partial charge on any atom is 0.186 e. The molecule has 1 aromatic carbocycles. The van der Waals surface area contributed by atoms with Crippen LogP contribution in [0.3, 0.4) is 0 Å². The summed E-state index contributed by atoms with van der Waals surface area (Å²) in [5, 5.41) is 9.44. The van der Waals surface area contributed by atoms with Crippen LogP contribution in [0.15, 0.2) is 28.9 Å². The van der Waals surface area contributed by atoms with Crippen LogP contribution in [-0.2, 0) is 6.54 Å². The van der Waals surface area contributed by atoms with Gasteiger partial charge in [-0.05, 0) is 18.2 Å². The van der Waals surface area contributed by atoms with Crippen molar-refractivity contribution in [2.24, 2.45) is 0 Å². The smallest absolute Gasteiger partial charge is 0.186 e. The molecule has 0 aliphatic heterocycles. The molecule has 0 saturated carbocycles. The van der Waals surface area contributed by atoms with Gasteiger partial charge in [-0.1, -0.05) is 27.3 Å². The van der Waals surface area contributed by atoms with E-state index in [4.69, 9.17) is 5.26 Å². The van der Waals surface area contributed by atoms with Crippen LogP contribution in [0.25, 0.3) is 0 Å². The van der Waals surface area contributed by atoms with Crippen molar-refractivity contribution in [3.05, 3.63) is 45.1 Å². The summed E-state index contributed by atoms with van der Waals surface area (Å²) in [6.45, 7) is 0.406. The summed E-state index contributed by atoms with van der Waals surface area (Å²) < 4.78 is 14.4. The molecule has 0 fully saturated rings. The summed E-state index contributed by atoms with van der Waals surface area (Å²) in [6.07, 6.45) is 1.52. The molecule has 0 saturated heterocycles. The van der Waals surface area contributed by atoms with Gasteiger partial charge in [-0.25, -0.2) is 9.37 Å². The first-order chi connectivity index (χ1) is 8.60. The third-order valence-corrected chi connectivity index (χ3v) is 3.86. The molecular weight excluding hydrogens is 317 g/mol. The minimum Gasteiger partial charge on any atom is -0.347 e. The quantitative estimate of drug-likeness (QED) is 0.866. The van der Waals surface area contributed by atoms with E-state index in [0.717, 1.165) is 4.47 Å². The predicted molar refractivity (Wildman–Crippen MR) is 73.0 cm³/mol. The number of hydrogen-bond acceptors (Lipinski definition) is 4. The summed E-state index contributed by atoms with van der Waals surface area (Å²) in [5.74, 6) is -0.248. The third kappa shape index (κ3) is 2.86. The van der Waals surface area contributed by atoms with Crippen molar-refractivity contribution >= 4 is 32.4 Å². The molecule has 1 heterocycles. The number of rotatable bonds is 3. The highest BCUT2D eigenvalue weighted by atomic mass is 79.9. The average Bonchev–Trinajstić information content (AvgIpc) is 2.82. The van der Waals surface area contributed by atoms with Gasteiger partial charge >= 0.3 is 0 Å². The summed E-state index contributed by atoms with van der Waals surface area (Å²) in [6, 6.07) is 6.86. The molecule has 1 aromatic heterocycles. The Morgan fingerprint density at radius 2 is 2.33 bits per heavy atom. The average molecular weight is 326 g/mol. The van der Waals surface area contributed by atoms with E-state index in [1.165, 1.54) is 23.6 Å². The van der Waals surface area contributed by atoms with Crippen LogP contribution in [0.5, 0.6) is 0 Å². The fourth-order valence-corrected chi connectivity index (χ4v) is 2.56. The third-order valence-electron chi connectivity index (χ3n) is 2.35. The lowest BCUT2D eigenvalue weighted by molar-refractivity contribution is 0.607. The Hall–Kier alpha value is -1.45. The molecule has 18 heavy (non-hydrogen) atoms. The van der Waals surface area contributed by atoms with E-state index in [9.17, 15) is 4.39 Å². The van der Waals surface area contributed by atoms with Crippen molar-refractivity contribution in [2.45, 2.75) is 6.54 Å². The topological polar surface area (TPSA) is 39.9 Å². The highest BCUT2D eigenvalue weighted by Crippen LogP contribution is 2.24. The van der Waals surface area contributed by atoms with E-state index in [2.05, 4.69) is 20.9 Å². The number of thiazole rings is 1. The standard InChI is InChI=1S/C12H9BrFN3S/c1-17(12-16-6-10(5-15)18-12)7-8-4-9(13)2-3-11(8)14/h2-4,6H,7H2,1H3. The lowest BCUT2D eigenvalue weighted by Crippen LogP contribution is -2.16. The fraction of sp³-hybridized carbons (Fsp3) is 0.167. The van der Waals surface area contributed by atoms with Gasteiger partial charge in [0.05, 0.1) is 6.20 Å². The lowest BCUT2D eigenvalue weighted by atomic mass is 10.2. The second-order valence-corrected chi connectivity index (χ2v) is 5.64. The Balaban J connectivity index is 2.18. The summed E-state index contributed by atoms with van der Waals surface area (Å²) in [7, 11) is 1.82. The zero-order valence-corrected chi connectivity index (χ0v) is 11.9. The Morgan fingerprint density at radius 1 is 1.56 bits per heavy atom. The molecule has 0 aliphatic rings. The van der Waals surface area contributed by atoms with E-state index in [0.29, 0.717) is 22.1 Å². The normalized spacial score (nSPS) is 10.1. The van der Waals surface area contributed by atoms with Gasteiger partial charge < -0.3 is 4.90 Å². The van der Waals surface area contributed by atoms with Crippen LogP contribution in [0.1, 0.15) is 10.4 Å². The van der Waals surface area contributed by atoms with E-state index in [-0.39, 0.29) is 5.82 Å². The number of anilines is 1. The van der Waals surface area contributed by atoms with Gasteiger partial charge in [-0.3, -0.25) is 0 Å². The van der Waals surface area contributed by atoms with E-state index < -0.39 is 0 Å².